The number of nitrogens with one attached hydrogen (secondary N) is 2. The van der Waals surface area contributed by atoms with Crippen LogP contribution >= 0.6 is 69.0 Å². The molecule has 1 aliphatic heterocycles. The second kappa shape index (κ2) is 13.3. The first-order chi connectivity index (χ1) is 18.3. The van der Waals surface area contributed by atoms with Crippen LogP contribution in [0, 0.1) is 0 Å². The van der Waals surface area contributed by atoms with Gasteiger partial charge in [-0.1, -0.05) is 87.2 Å². The Kier molecular flexibility index (Phi) is 10.1. The summed E-state index contributed by atoms with van der Waals surface area (Å²) in [6.07, 6.45) is -1.33. The summed E-state index contributed by atoms with van der Waals surface area (Å²) in [5, 5.41) is 6.62. The van der Waals surface area contributed by atoms with Crippen molar-refractivity contribution in [1.82, 2.24) is 5.32 Å². The predicted octanol–water partition coefficient (Wildman–Crippen LogP) is 6.68. The highest BCUT2D eigenvalue weighted by molar-refractivity contribution is 14.1. The van der Waals surface area contributed by atoms with Crippen molar-refractivity contribution in [3.63, 3.8) is 0 Å². The fourth-order valence-corrected chi connectivity index (χ4v) is 5.18. The van der Waals surface area contributed by atoms with Gasteiger partial charge in [-0.2, -0.15) is 0 Å². The van der Waals surface area contributed by atoms with E-state index in [1.807, 2.05) is 0 Å². The Morgan fingerprint density at radius 2 is 1.71 bits per heavy atom. The Hall–Kier alpha value is -2.08. The fraction of sp³-hybridized carbons (Fsp3) is 0.192. The third kappa shape index (κ3) is 6.91. The molecule has 1 unspecified atom stereocenters. The molecule has 12 heteroatoms. The van der Waals surface area contributed by atoms with Crippen LogP contribution in [0.25, 0.3) is 0 Å². The first-order valence-electron chi connectivity index (χ1n) is 11.3. The zero-order valence-corrected chi connectivity index (χ0v) is 24.8. The van der Waals surface area contributed by atoms with Crippen molar-refractivity contribution >= 4 is 92.2 Å². The van der Waals surface area contributed by atoms with E-state index in [1.165, 1.54) is 18.2 Å². The van der Waals surface area contributed by atoms with Crippen LogP contribution in [0.1, 0.15) is 21.5 Å². The Morgan fingerprint density at radius 3 is 2.45 bits per heavy atom. The minimum Gasteiger partial charge on any atom is -0.490 e. The summed E-state index contributed by atoms with van der Waals surface area (Å²) in [6, 6.07) is 14.7. The smallest absolute Gasteiger partial charge is 0.269 e. The van der Waals surface area contributed by atoms with Crippen molar-refractivity contribution in [1.29, 1.82) is 0 Å². The number of nitrogens with zero attached hydrogens (tertiary/aromatic N) is 1. The molecule has 0 fully saturated rings. The van der Waals surface area contributed by atoms with E-state index in [4.69, 9.17) is 55.9 Å². The Bertz CT molecular complexity index is 1380. The van der Waals surface area contributed by atoms with E-state index >= 15 is 0 Å². The molecule has 0 aliphatic carbocycles. The highest BCUT2D eigenvalue weighted by Gasteiger charge is 2.30. The number of hydrogen-bond donors (Lipinski definition) is 2. The molecular formula is C26H20Cl4IN3O4. The normalized spacial score (nSPS) is 14.7. The third-order valence-corrected chi connectivity index (χ3v) is 6.84. The number of halogens is 5. The Balaban J connectivity index is 1.68. The second-order valence-corrected chi connectivity index (χ2v) is 10.7. The molecule has 0 saturated carbocycles. The van der Waals surface area contributed by atoms with Crippen LogP contribution in [-0.4, -0.2) is 47.9 Å². The number of hydrogen-bond acceptors (Lipinski definition) is 5. The lowest BCUT2D eigenvalue weighted by Crippen LogP contribution is -2.42. The number of aliphatic imine (C=N–C) groups is 1. The number of carbonyl (C=O) groups is 2. The summed E-state index contributed by atoms with van der Waals surface area (Å²) in [5.74, 6) is -0.882. The number of anilines is 1. The molecule has 1 atom stereocenters. The number of fused-ring (bicyclic) bond motifs is 1. The number of amides is 2. The zero-order valence-electron chi connectivity index (χ0n) is 19.6. The van der Waals surface area contributed by atoms with Gasteiger partial charge in [0, 0.05) is 25.6 Å². The number of benzene rings is 3. The Labute approximate surface area is 252 Å². The van der Waals surface area contributed by atoms with E-state index in [9.17, 15) is 9.59 Å². The number of carbonyl (C=O) groups excluding carboxylic acids is 2. The molecule has 7 nitrogen and oxygen atoms in total. The maximum Gasteiger partial charge on any atom is 0.269 e. The SMILES string of the molecule is O=C(NC1N=C(c2c(Cl)cc(Cl)cc2Cl)c2ccccc2NC1=O)c1cc(Cl)ccc1OCCOCCI. The monoisotopic (exact) mass is 705 g/mol. The third-order valence-electron chi connectivity index (χ3n) is 5.35. The van der Waals surface area contributed by atoms with Crippen LogP contribution in [0.4, 0.5) is 5.69 Å². The molecule has 3 aromatic rings. The molecule has 2 amide bonds. The molecule has 0 spiro atoms. The van der Waals surface area contributed by atoms with Gasteiger partial charge in [-0.15, -0.1) is 0 Å². The van der Waals surface area contributed by atoms with Crippen molar-refractivity contribution in [2.75, 3.05) is 29.6 Å². The van der Waals surface area contributed by atoms with E-state index in [-0.39, 0.29) is 28.0 Å². The minimum atomic E-state index is -1.33. The molecule has 0 radical (unpaired) electrons. The molecule has 38 heavy (non-hydrogen) atoms. The molecule has 3 aromatic carbocycles. The molecule has 4 rings (SSSR count). The van der Waals surface area contributed by atoms with Crippen molar-refractivity contribution in [3.8, 4) is 5.75 Å². The van der Waals surface area contributed by atoms with Gasteiger partial charge in [0.15, 0.2) is 0 Å². The molecule has 0 aromatic heterocycles. The standard InChI is InChI=1S/C26H20Cl4IN3O4/c27-14-5-6-21(38-10-9-37-8-7-31)17(11-14)25(35)34-24-26(36)32-20-4-2-1-3-16(20)23(33-24)22-18(29)12-15(28)13-19(22)30/h1-6,11-13,24H,7-10H2,(H,32,36)(H,34,35). The summed E-state index contributed by atoms with van der Waals surface area (Å²) in [7, 11) is 0. The molecule has 2 N–H and O–H groups in total. The summed E-state index contributed by atoms with van der Waals surface area (Å²) in [4.78, 5) is 31.1. The van der Waals surface area contributed by atoms with Gasteiger partial charge in [-0.25, -0.2) is 4.99 Å². The van der Waals surface area contributed by atoms with Gasteiger partial charge in [0.05, 0.1) is 40.2 Å². The van der Waals surface area contributed by atoms with E-state index in [2.05, 4.69) is 38.2 Å². The molecule has 1 aliphatic rings. The molecule has 198 valence electrons. The van der Waals surface area contributed by atoms with E-state index in [0.717, 1.165) is 4.43 Å². The summed E-state index contributed by atoms with van der Waals surface area (Å²) in [5.41, 5.74) is 1.88. The second-order valence-electron chi connectivity index (χ2n) is 7.92. The lowest BCUT2D eigenvalue weighted by Gasteiger charge is -2.16. The molecule has 0 bridgehead atoms. The maximum atomic E-state index is 13.4. The molecular weight excluding hydrogens is 687 g/mol. The number of alkyl halides is 1. The van der Waals surface area contributed by atoms with Crippen LogP contribution in [0.5, 0.6) is 5.75 Å². The maximum absolute atomic E-state index is 13.4. The molecule has 1 heterocycles. The van der Waals surface area contributed by atoms with Crippen LogP contribution in [0.3, 0.4) is 0 Å². The van der Waals surface area contributed by atoms with Gasteiger partial charge in [0.1, 0.15) is 12.4 Å². The van der Waals surface area contributed by atoms with Gasteiger partial charge in [-0.05, 0) is 36.4 Å². The minimum absolute atomic E-state index is 0.139. The number of benzodiazepines with no additional fused rings is 1. The van der Waals surface area contributed by atoms with Gasteiger partial charge in [0.25, 0.3) is 11.8 Å². The number of para-hydroxylation sites is 1. The first-order valence-corrected chi connectivity index (χ1v) is 14.3. The van der Waals surface area contributed by atoms with Crippen molar-refractivity contribution in [2.24, 2.45) is 4.99 Å². The van der Waals surface area contributed by atoms with Crippen LogP contribution in [0.2, 0.25) is 20.1 Å². The lowest BCUT2D eigenvalue weighted by molar-refractivity contribution is -0.117. The van der Waals surface area contributed by atoms with Gasteiger partial charge in [-0.3, -0.25) is 9.59 Å². The average molecular weight is 707 g/mol. The molecule has 0 saturated heterocycles. The van der Waals surface area contributed by atoms with Crippen LogP contribution in [-0.2, 0) is 9.53 Å². The topological polar surface area (TPSA) is 89.0 Å². The van der Waals surface area contributed by atoms with Crippen LogP contribution < -0.4 is 15.4 Å². The Morgan fingerprint density at radius 1 is 0.974 bits per heavy atom. The van der Waals surface area contributed by atoms with Gasteiger partial charge < -0.3 is 20.1 Å². The lowest BCUT2D eigenvalue weighted by atomic mass is 10.0. The van der Waals surface area contributed by atoms with Crippen molar-refractivity contribution in [3.05, 3.63) is 91.4 Å². The van der Waals surface area contributed by atoms with Crippen LogP contribution in [0.15, 0.2) is 59.6 Å². The van der Waals surface area contributed by atoms with E-state index < -0.39 is 18.0 Å². The predicted molar refractivity (Wildman–Crippen MR) is 160 cm³/mol. The quantitative estimate of drug-likeness (QED) is 0.148. The largest absolute Gasteiger partial charge is 0.490 e. The summed E-state index contributed by atoms with van der Waals surface area (Å²) >= 11 is 27.5. The van der Waals surface area contributed by atoms with E-state index in [1.54, 1.807) is 36.4 Å². The first kappa shape index (κ1) is 28.9. The number of ether oxygens (including phenoxy) is 2. The van der Waals surface area contributed by atoms with Gasteiger partial charge in [0.2, 0.25) is 6.17 Å². The van der Waals surface area contributed by atoms with Gasteiger partial charge >= 0.3 is 0 Å². The fourth-order valence-electron chi connectivity index (χ4n) is 3.70. The number of rotatable bonds is 9. The average Bonchev–Trinajstić information content (AvgIpc) is 3.00. The summed E-state index contributed by atoms with van der Waals surface area (Å²) < 4.78 is 12.0. The van der Waals surface area contributed by atoms with E-state index in [0.29, 0.717) is 45.8 Å². The van der Waals surface area contributed by atoms with Crippen molar-refractivity contribution in [2.45, 2.75) is 6.17 Å². The summed E-state index contributed by atoms with van der Waals surface area (Å²) in [6.45, 7) is 1.18. The highest BCUT2D eigenvalue weighted by atomic mass is 127. The van der Waals surface area contributed by atoms with Crippen molar-refractivity contribution < 1.29 is 19.1 Å². The zero-order chi connectivity index (χ0) is 27.2. The highest BCUT2D eigenvalue weighted by Crippen LogP contribution is 2.34.